The number of nitrogens with zero attached hydrogens (tertiary/aromatic N) is 2. The van der Waals surface area contributed by atoms with Gasteiger partial charge in [0.25, 0.3) is 0 Å². The zero-order valence-corrected chi connectivity index (χ0v) is 11.3. The SMILES string of the molecule is CCCC(OCC)c1nc(Cl)c(C)c(Cl)n1. The molecule has 0 bridgehead atoms. The second kappa shape index (κ2) is 6.38. The molecule has 16 heavy (non-hydrogen) atoms. The van der Waals surface area contributed by atoms with E-state index in [4.69, 9.17) is 27.9 Å². The first kappa shape index (κ1) is 13.7. The van der Waals surface area contributed by atoms with E-state index in [1.807, 2.05) is 6.92 Å². The highest BCUT2D eigenvalue weighted by Crippen LogP contribution is 2.25. The average Bonchev–Trinajstić information content (AvgIpc) is 2.25. The van der Waals surface area contributed by atoms with Gasteiger partial charge in [-0.25, -0.2) is 9.97 Å². The van der Waals surface area contributed by atoms with Gasteiger partial charge in [0, 0.05) is 12.2 Å². The van der Waals surface area contributed by atoms with E-state index in [1.165, 1.54) is 0 Å². The Labute approximate surface area is 106 Å². The van der Waals surface area contributed by atoms with Gasteiger partial charge in [-0.15, -0.1) is 0 Å². The summed E-state index contributed by atoms with van der Waals surface area (Å²) < 4.78 is 5.58. The second-order valence-corrected chi connectivity index (χ2v) is 4.24. The molecule has 0 fully saturated rings. The average molecular weight is 263 g/mol. The van der Waals surface area contributed by atoms with Crippen LogP contribution in [0, 0.1) is 6.92 Å². The fraction of sp³-hybridized carbons (Fsp3) is 0.636. The van der Waals surface area contributed by atoms with Gasteiger partial charge >= 0.3 is 0 Å². The molecule has 1 unspecified atom stereocenters. The first-order valence-electron chi connectivity index (χ1n) is 5.41. The van der Waals surface area contributed by atoms with Crippen LogP contribution >= 0.6 is 23.2 Å². The third-order valence-electron chi connectivity index (χ3n) is 2.25. The minimum absolute atomic E-state index is 0.120. The van der Waals surface area contributed by atoms with Crippen LogP contribution < -0.4 is 0 Å². The number of halogens is 2. The van der Waals surface area contributed by atoms with Crippen molar-refractivity contribution in [2.45, 2.75) is 39.7 Å². The monoisotopic (exact) mass is 262 g/mol. The number of aromatic nitrogens is 2. The van der Waals surface area contributed by atoms with Gasteiger partial charge < -0.3 is 4.74 Å². The molecule has 0 spiro atoms. The lowest BCUT2D eigenvalue weighted by atomic mass is 10.2. The van der Waals surface area contributed by atoms with Crippen LogP contribution in [0.5, 0.6) is 0 Å². The van der Waals surface area contributed by atoms with Crippen LogP contribution in [0.25, 0.3) is 0 Å². The van der Waals surface area contributed by atoms with Gasteiger partial charge in [0.2, 0.25) is 0 Å². The fourth-order valence-corrected chi connectivity index (χ4v) is 1.77. The standard InChI is InChI=1S/C11H16Cl2N2O/c1-4-6-8(16-5-2)11-14-9(12)7(3)10(13)15-11/h8H,4-6H2,1-3H3. The summed E-state index contributed by atoms with van der Waals surface area (Å²) in [5.74, 6) is 0.573. The normalized spacial score (nSPS) is 12.8. The molecule has 0 N–H and O–H groups in total. The van der Waals surface area contributed by atoms with Gasteiger partial charge in [-0.3, -0.25) is 0 Å². The predicted molar refractivity (Wildman–Crippen MR) is 66.1 cm³/mol. The summed E-state index contributed by atoms with van der Waals surface area (Å²) in [4.78, 5) is 8.43. The van der Waals surface area contributed by atoms with Crippen LogP contribution in [-0.2, 0) is 4.74 Å². The van der Waals surface area contributed by atoms with Crippen molar-refractivity contribution in [3.63, 3.8) is 0 Å². The first-order valence-corrected chi connectivity index (χ1v) is 6.16. The molecule has 1 aromatic rings. The van der Waals surface area contributed by atoms with Gasteiger partial charge in [0.05, 0.1) is 0 Å². The number of hydrogen-bond donors (Lipinski definition) is 0. The van der Waals surface area contributed by atoms with Crippen LogP contribution in [0.1, 0.15) is 44.2 Å². The summed E-state index contributed by atoms with van der Waals surface area (Å²) in [6, 6.07) is 0. The van der Waals surface area contributed by atoms with Crippen molar-refractivity contribution in [1.82, 2.24) is 9.97 Å². The Bertz CT molecular complexity index is 329. The highest BCUT2D eigenvalue weighted by molar-refractivity contribution is 6.34. The molecule has 5 heteroatoms. The van der Waals surface area contributed by atoms with Gasteiger partial charge in [-0.05, 0) is 20.3 Å². The highest BCUT2D eigenvalue weighted by Gasteiger charge is 2.17. The molecule has 0 aromatic carbocycles. The van der Waals surface area contributed by atoms with Gasteiger partial charge in [-0.2, -0.15) is 0 Å². The Kier molecular flexibility index (Phi) is 5.46. The fourth-order valence-electron chi connectivity index (χ4n) is 1.37. The third kappa shape index (κ3) is 3.30. The van der Waals surface area contributed by atoms with Crippen molar-refractivity contribution >= 4 is 23.2 Å². The summed E-state index contributed by atoms with van der Waals surface area (Å²) in [5, 5.41) is 0.798. The molecule has 0 saturated heterocycles. The van der Waals surface area contributed by atoms with E-state index >= 15 is 0 Å². The zero-order valence-electron chi connectivity index (χ0n) is 9.76. The zero-order chi connectivity index (χ0) is 12.1. The molecular weight excluding hydrogens is 247 g/mol. The van der Waals surface area contributed by atoms with Crippen molar-refractivity contribution in [1.29, 1.82) is 0 Å². The molecule has 1 atom stereocenters. The predicted octanol–water partition coefficient (Wildman–Crippen LogP) is 3.97. The molecule has 1 heterocycles. The number of hydrogen-bond acceptors (Lipinski definition) is 3. The summed E-state index contributed by atoms with van der Waals surface area (Å²) in [5.41, 5.74) is 0.707. The maximum Gasteiger partial charge on any atom is 0.160 e. The van der Waals surface area contributed by atoms with E-state index in [1.54, 1.807) is 6.92 Å². The molecule has 0 aliphatic carbocycles. The molecule has 1 aromatic heterocycles. The van der Waals surface area contributed by atoms with E-state index < -0.39 is 0 Å². The Morgan fingerprint density at radius 1 is 1.19 bits per heavy atom. The third-order valence-corrected chi connectivity index (χ3v) is 2.99. The minimum Gasteiger partial charge on any atom is -0.371 e. The maximum absolute atomic E-state index is 5.97. The lowest BCUT2D eigenvalue weighted by molar-refractivity contribution is 0.0493. The van der Waals surface area contributed by atoms with Crippen LogP contribution in [0.2, 0.25) is 10.3 Å². The van der Waals surface area contributed by atoms with E-state index in [0.29, 0.717) is 28.3 Å². The van der Waals surface area contributed by atoms with E-state index in [0.717, 1.165) is 12.8 Å². The van der Waals surface area contributed by atoms with Crippen LogP contribution in [0.15, 0.2) is 0 Å². The lowest BCUT2D eigenvalue weighted by Crippen LogP contribution is -2.09. The van der Waals surface area contributed by atoms with E-state index in [9.17, 15) is 0 Å². The van der Waals surface area contributed by atoms with Gasteiger partial charge in [-0.1, -0.05) is 36.5 Å². The van der Waals surface area contributed by atoms with Crippen molar-refractivity contribution < 1.29 is 4.74 Å². The second-order valence-electron chi connectivity index (χ2n) is 3.52. The summed E-state index contributed by atoms with van der Waals surface area (Å²) in [7, 11) is 0. The first-order chi connectivity index (χ1) is 7.60. The molecule has 90 valence electrons. The van der Waals surface area contributed by atoms with Crippen molar-refractivity contribution in [3.8, 4) is 0 Å². The molecule has 1 rings (SSSR count). The molecule has 0 saturated carbocycles. The van der Waals surface area contributed by atoms with Crippen molar-refractivity contribution in [2.24, 2.45) is 0 Å². The minimum atomic E-state index is -0.120. The lowest BCUT2D eigenvalue weighted by Gasteiger charge is -2.15. The topological polar surface area (TPSA) is 35.0 Å². The van der Waals surface area contributed by atoms with Crippen molar-refractivity contribution in [3.05, 3.63) is 21.7 Å². The van der Waals surface area contributed by atoms with Crippen LogP contribution in [-0.4, -0.2) is 16.6 Å². The molecule has 0 amide bonds. The Morgan fingerprint density at radius 2 is 1.75 bits per heavy atom. The van der Waals surface area contributed by atoms with Gasteiger partial charge in [0.1, 0.15) is 16.4 Å². The number of rotatable bonds is 5. The van der Waals surface area contributed by atoms with E-state index in [2.05, 4.69) is 16.9 Å². The van der Waals surface area contributed by atoms with Crippen LogP contribution in [0.4, 0.5) is 0 Å². The highest BCUT2D eigenvalue weighted by atomic mass is 35.5. The molecule has 0 aliphatic rings. The van der Waals surface area contributed by atoms with E-state index in [-0.39, 0.29) is 6.10 Å². The maximum atomic E-state index is 5.97. The largest absolute Gasteiger partial charge is 0.371 e. The summed E-state index contributed by atoms with van der Waals surface area (Å²) in [6.07, 6.45) is 1.74. The van der Waals surface area contributed by atoms with Crippen LogP contribution in [0.3, 0.4) is 0 Å². The smallest absolute Gasteiger partial charge is 0.160 e. The van der Waals surface area contributed by atoms with Gasteiger partial charge in [0.15, 0.2) is 5.82 Å². The molecule has 3 nitrogen and oxygen atoms in total. The summed E-state index contributed by atoms with van der Waals surface area (Å²) >= 11 is 11.9. The molecule has 0 radical (unpaired) electrons. The quantitative estimate of drug-likeness (QED) is 0.754. The van der Waals surface area contributed by atoms with Crippen molar-refractivity contribution in [2.75, 3.05) is 6.61 Å². The molecule has 0 aliphatic heterocycles. The summed E-state index contributed by atoms with van der Waals surface area (Å²) in [6.45, 7) is 6.45. The molecular formula is C11H16Cl2N2O. The number of ether oxygens (including phenoxy) is 1. The Hall–Kier alpha value is -0.380. The Balaban J connectivity index is 3.00. The Morgan fingerprint density at radius 3 is 2.19 bits per heavy atom.